The van der Waals surface area contributed by atoms with Crippen LogP contribution >= 0.6 is 0 Å². The molecule has 0 saturated carbocycles. The van der Waals surface area contributed by atoms with E-state index in [1.807, 2.05) is 60.7 Å². The van der Waals surface area contributed by atoms with Gasteiger partial charge in [-0.05, 0) is 71.4 Å². The first-order valence-electron chi connectivity index (χ1n) is 11.2. The van der Waals surface area contributed by atoms with Crippen molar-refractivity contribution in [1.82, 2.24) is 0 Å². The minimum Gasteiger partial charge on any atom is -0.376 e. The van der Waals surface area contributed by atoms with Gasteiger partial charge in [0.1, 0.15) is 5.60 Å². The molecule has 0 heterocycles. The van der Waals surface area contributed by atoms with Crippen LogP contribution in [0.5, 0.6) is 0 Å². The van der Waals surface area contributed by atoms with E-state index in [2.05, 4.69) is 57.2 Å². The molecule has 1 heteroatoms. The van der Waals surface area contributed by atoms with Gasteiger partial charge in [-0.3, -0.25) is 0 Å². The van der Waals surface area contributed by atoms with Crippen LogP contribution in [-0.2, 0) is 5.60 Å². The summed E-state index contributed by atoms with van der Waals surface area (Å²) < 4.78 is 0. The van der Waals surface area contributed by atoms with Crippen LogP contribution in [0.15, 0.2) is 114 Å². The minimum absolute atomic E-state index is 0.876. The molecule has 158 valence electrons. The maximum Gasteiger partial charge on any atom is 0.141 e. The predicted molar refractivity (Wildman–Crippen MR) is 135 cm³/mol. The zero-order chi connectivity index (χ0) is 22.3. The third-order valence-corrected chi connectivity index (χ3v) is 7.10. The molecule has 1 nitrogen and oxygen atoms in total. The van der Waals surface area contributed by atoms with Gasteiger partial charge >= 0.3 is 0 Å². The maximum atomic E-state index is 12.7. The Morgan fingerprint density at radius 3 is 1.75 bits per heavy atom. The van der Waals surface area contributed by atoms with Crippen LogP contribution in [0.4, 0.5) is 0 Å². The highest BCUT2D eigenvalue weighted by Crippen LogP contribution is 2.47. The van der Waals surface area contributed by atoms with Gasteiger partial charge in [-0.1, -0.05) is 103 Å². The Morgan fingerprint density at radius 1 is 0.625 bits per heavy atom. The number of benzene rings is 4. The molecule has 0 atom stereocenters. The summed E-state index contributed by atoms with van der Waals surface area (Å²) in [6.45, 7) is 6.64. The topological polar surface area (TPSA) is 20.2 Å². The predicted octanol–water partition coefficient (Wildman–Crippen LogP) is 7.64. The summed E-state index contributed by atoms with van der Waals surface area (Å²) in [4.78, 5) is 0. The lowest BCUT2D eigenvalue weighted by atomic mass is 9.74. The number of hydrogen-bond donors (Lipinski definition) is 1. The van der Waals surface area contributed by atoms with Crippen molar-refractivity contribution < 1.29 is 5.11 Å². The molecule has 1 N–H and O–H groups in total. The normalized spacial score (nSPS) is 14.5. The lowest BCUT2D eigenvalue weighted by molar-refractivity contribution is 0.127. The van der Waals surface area contributed by atoms with E-state index in [0.29, 0.717) is 0 Å². The van der Waals surface area contributed by atoms with E-state index in [-0.39, 0.29) is 0 Å². The molecule has 0 unspecified atom stereocenters. The van der Waals surface area contributed by atoms with Crippen molar-refractivity contribution in [3.8, 4) is 0 Å². The molecule has 0 fully saturated rings. The van der Waals surface area contributed by atoms with Crippen molar-refractivity contribution in [3.05, 3.63) is 136 Å². The van der Waals surface area contributed by atoms with Crippen LogP contribution in [0, 0.1) is 0 Å². The molecule has 5 rings (SSSR count). The van der Waals surface area contributed by atoms with Gasteiger partial charge in [0.2, 0.25) is 0 Å². The van der Waals surface area contributed by atoms with E-state index in [4.69, 9.17) is 0 Å². The minimum atomic E-state index is -1.28. The van der Waals surface area contributed by atoms with Gasteiger partial charge in [-0.15, -0.1) is 0 Å². The summed E-state index contributed by atoms with van der Waals surface area (Å²) in [6, 6.07) is 32.9. The van der Waals surface area contributed by atoms with Gasteiger partial charge in [0.25, 0.3) is 0 Å². The van der Waals surface area contributed by atoms with E-state index < -0.39 is 5.60 Å². The summed E-state index contributed by atoms with van der Waals surface area (Å²) >= 11 is 0. The fourth-order valence-corrected chi connectivity index (χ4v) is 5.10. The van der Waals surface area contributed by atoms with Gasteiger partial charge < -0.3 is 5.11 Å². The van der Waals surface area contributed by atoms with Gasteiger partial charge in [0.05, 0.1) is 0 Å². The van der Waals surface area contributed by atoms with Crippen molar-refractivity contribution in [1.29, 1.82) is 0 Å². The van der Waals surface area contributed by atoms with Crippen LogP contribution in [0.25, 0.3) is 16.3 Å². The number of hydrogen-bond acceptors (Lipinski definition) is 1. The Labute approximate surface area is 190 Å². The molecule has 0 amide bonds. The molecule has 0 bridgehead atoms. The molecular weight excluding hydrogens is 388 g/mol. The molecule has 0 saturated heterocycles. The SMILES string of the molecule is CC1=C(C)C(C)=C(c2ccc3ccccc3c2C(O)(c2ccccc2)c2ccccc2)C1. The summed E-state index contributed by atoms with van der Waals surface area (Å²) in [6.07, 6.45) is 0.919. The Bertz CT molecular complexity index is 1320. The smallest absolute Gasteiger partial charge is 0.141 e. The zero-order valence-electron chi connectivity index (χ0n) is 18.9. The van der Waals surface area contributed by atoms with E-state index >= 15 is 0 Å². The summed E-state index contributed by atoms with van der Waals surface area (Å²) in [5.41, 5.74) is 7.96. The highest BCUT2D eigenvalue weighted by Gasteiger charge is 2.38. The highest BCUT2D eigenvalue weighted by atomic mass is 16.3. The first-order valence-corrected chi connectivity index (χ1v) is 11.2. The van der Waals surface area contributed by atoms with Crippen molar-refractivity contribution in [2.45, 2.75) is 32.8 Å². The molecule has 0 aromatic heterocycles. The largest absolute Gasteiger partial charge is 0.376 e. The third-order valence-electron chi connectivity index (χ3n) is 7.10. The fourth-order valence-electron chi connectivity index (χ4n) is 5.10. The molecule has 4 aromatic rings. The second-order valence-electron chi connectivity index (χ2n) is 8.84. The molecule has 32 heavy (non-hydrogen) atoms. The first-order chi connectivity index (χ1) is 15.5. The standard InChI is InChI=1S/C31H28O/c1-21-20-29(23(3)22(21)2)28-19-18-24-12-10-11-17-27(24)30(28)31(32,25-13-6-4-7-14-25)26-15-8-5-9-16-26/h4-19,32H,20H2,1-3H3. The number of rotatable bonds is 4. The fraction of sp³-hybridized carbons (Fsp3) is 0.161. The van der Waals surface area contributed by atoms with Gasteiger partial charge in [0.15, 0.2) is 0 Å². The van der Waals surface area contributed by atoms with Crippen LogP contribution in [0.2, 0.25) is 0 Å². The van der Waals surface area contributed by atoms with Crippen molar-refractivity contribution in [2.24, 2.45) is 0 Å². The van der Waals surface area contributed by atoms with Crippen LogP contribution in [-0.4, -0.2) is 5.11 Å². The molecule has 1 aliphatic rings. The van der Waals surface area contributed by atoms with E-state index in [9.17, 15) is 5.11 Å². The highest BCUT2D eigenvalue weighted by molar-refractivity contribution is 5.94. The monoisotopic (exact) mass is 416 g/mol. The lowest BCUT2D eigenvalue weighted by Gasteiger charge is -2.34. The lowest BCUT2D eigenvalue weighted by Crippen LogP contribution is -2.30. The van der Waals surface area contributed by atoms with E-state index in [1.54, 1.807) is 0 Å². The third kappa shape index (κ3) is 3.13. The summed E-state index contributed by atoms with van der Waals surface area (Å²) in [5, 5.41) is 15.0. The Balaban J connectivity index is 1.91. The molecule has 0 spiro atoms. The van der Waals surface area contributed by atoms with E-state index in [1.165, 1.54) is 22.3 Å². The molecule has 0 radical (unpaired) electrons. The van der Waals surface area contributed by atoms with Crippen LogP contribution in [0.1, 0.15) is 49.4 Å². The number of aliphatic hydroxyl groups is 1. The average Bonchev–Trinajstić information content (AvgIpc) is 3.11. The van der Waals surface area contributed by atoms with E-state index in [0.717, 1.165) is 39.4 Å². The number of fused-ring (bicyclic) bond motifs is 1. The van der Waals surface area contributed by atoms with Gasteiger partial charge in [-0.25, -0.2) is 0 Å². The van der Waals surface area contributed by atoms with Gasteiger partial charge in [0, 0.05) is 5.56 Å². The maximum absolute atomic E-state index is 12.7. The molecule has 0 aliphatic heterocycles. The van der Waals surface area contributed by atoms with Crippen molar-refractivity contribution >= 4 is 16.3 Å². The van der Waals surface area contributed by atoms with Crippen molar-refractivity contribution in [3.63, 3.8) is 0 Å². The molecule has 4 aromatic carbocycles. The molecular formula is C31H28O. The van der Waals surface area contributed by atoms with Crippen molar-refractivity contribution in [2.75, 3.05) is 0 Å². The average molecular weight is 417 g/mol. The number of allylic oxidation sites excluding steroid dienone is 4. The zero-order valence-corrected chi connectivity index (χ0v) is 18.9. The Kier molecular flexibility index (Phi) is 5.07. The van der Waals surface area contributed by atoms with Gasteiger partial charge in [-0.2, -0.15) is 0 Å². The Hall–Kier alpha value is -3.42. The van der Waals surface area contributed by atoms with Crippen LogP contribution in [0.3, 0.4) is 0 Å². The molecule has 1 aliphatic carbocycles. The quantitative estimate of drug-likeness (QED) is 0.339. The Morgan fingerprint density at radius 2 is 1.19 bits per heavy atom. The van der Waals surface area contributed by atoms with Crippen LogP contribution < -0.4 is 0 Å². The second-order valence-corrected chi connectivity index (χ2v) is 8.84. The second kappa shape index (κ2) is 7.93. The summed E-state index contributed by atoms with van der Waals surface area (Å²) in [7, 11) is 0. The first kappa shape index (κ1) is 20.5. The summed E-state index contributed by atoms with van der Waals surface area (Å²) in [5.74, 6) is 0.